The third-order valence-electron chi connectivity index (χ3n) is 5.89. The molecule has 5 nitrogen and oxygen atoms in total. The smallest absolute Gasteiger partial charge is 0.416 e. The first-order chi connectivity index (χ1) is 16.7. The number of rotatable bonds is 6. The lowest BCUT2D eigenvalue weighted by Crippen LogP contribution is -2.35. The number of ether oxygens (including phenoxy) is 2. The van der Waals surface area contributed by atoms with Gasteiger partial charge in [0.2, 0.25) is 0 Å². The lowest BCUT2D eigenvalue weighted by molar-refractivity contribution is -0.137. The molecule has 0 bridgehead atoms. The summed E-state index contributed by atoms with van der Waals surface area (Å²) in [6.45, 7) is 0.182. The molecule has 1 aliphatic carbocycles. The van der Waals surface area contributed by atoms with E-state index in [0.29, 0.717) is 18.4 Å². The van der Waals surface area contributed by atoms with Gasteiger partial charge in [-0.2, -0.15) is 13.2 Å². The van der Waals surface area contributed by atoms with Gasteiger partial charge in [-0.05, 0) is 65.3 Å². The monoisotopic (exact) mass is 483 g/mol. The van der Waals surface area contributed by atoms with Crippen LogP contribution in [0.2, 0.25) is 0 Å². The first kappa shape index (κ1) is 24.3. The number of carbonyl (C=O) groups is 2. The summed E-state index contributed by atoms with van der Waals surface area (Å²) in [5, 5.41) is 2.88. The maximum Gasteiger partial charge on any atom is 0.416 e. The van der Waals surface area contributed by atoms with Crippen molar-refractivity contribution in [2.75, 3.05) is 7.11 Å². The molecule has 1 amide bonds. The number of alkyl halides is 3. The van der Waals surface area contributed by atoms with Crippen molar-refractivity contribution in [3.63, 3.8) is 0 Å². The molecular formula is C27H24F3NO4. The van der Waals surface area contributed by atoms with Crippen molar-refractivity contribution in [1.29, 1.82) is 0 Å². The summed E-state index contributed by atoms with van der Waals surface area (Å²) in [6.07, 6.45) is -3.61. The van der Waals surface area contributed by atoms with Crippen LogP contribution in [0.3, 0.4) is 0 Å². The Hall–Kier alpha value is -3.81. The van der Waals surface area contributed by atoms with E-state index in [9.17, 15) is 22.8 Å². The van der Waals surface area contributed by atoms with E-state index >= 15 is 0 Å². The molecule has 0 fully saturated rings. The van der Waals surface area contributed by atoms with Crippen molar-refractivity contribution >= 4 is 12.1 Å². The molecule has 0 spiro atoms. The summed E-state index contributed by atoms with van der Waals surface area (Å²) in [5.74, 6) is -0.820. The van der Waals surface area contributed by atoms with Crippen molar-refractivity contribution in [2.45, 2.75) is 38.1 Å². The van der Waals surface area contributed by atoms with Gasteiger partial charge in [-0.1, -0.05) is 48.5 Å². The van der Waals surface area contributed by atoms with E-state index in [4.69, 9.17) is 4.74 Å². The topological polar surface area (TPSA) is 64.6 Å². The lowest BCUT2D eigenvalue weighted by Gasteiger charge is -2.12. The van der Waals surface area contributed by atoms with Crippen LogP contribution in [0.15, 0.2) is 66.7 Å². The maximum absolute atomic E-state index is 13.3. The second-order valence-corrected chi connectivity index (χ2v) is 8.50. The number of hydrogen-bond donors (Lipinski definition) is 1. The first-order valence-corrected chi connectivity index (χ1v) is 11.1. The standard InChI is InChI=1S/C27H24F3NO4/c1-34-25(32)22-11-19(12-23(13-22)27(28,29)30)9-18-7-8-20-14-24(15-21(20)10-18)31-26(33)35-16-17-5-3-2-4-6-17/h2-8,10-13,24H,9,14-16H2,1H3,(H,31,33). The highest BCUT2D eigenvalue weighted by Gasteiger charge is 2.32. The average Bonchev–Trinajstić information content (AvgIpc) is 3.23. The molecule has 3 aromatic rings. The van der Waals surface area contributed by atoms with E-state index in [2.05, 4.69) is 10.1 Å². The van der Waals surface area contributed by atoms with Gasteiger partial charge in [-0.25, -0.2) is 9.59 Å². The van der Waals surface area contributed by atoms with Crippen molar-refractivity contribution in [3.05, 3.63) is 106 Å². The van der Waals surface area contributed by atoms with Crippen LogP contribution in [-0.4, -0.2) is 25.2 Å². The zero-order chi connectivity index (χ0) is 25.0. The van der Waals surface area contributed by atoms with E-state index in [1.54, 1.807) is 0 Å². The van der Waals surface area contributed by atoms with E-state index in [0.717, 1.165) is 41.5 Å². The first-order valence-electron chi connectivity index (χ1n) is 11.1. The van der Waals surface area contributed by atoms with E-state index in [-0.39, 0.29) is 24.6 Å². The number of amides is 1. The third-order valence-corrected chi connectivity index (χ3v) is 5.89. The van der Waals surface area contributed by atoms with Crippen LogP contribution in [0.4, 0.5) is 18.0 Å². The Morgan fingerprint density at radius 3 is 2.37 bits per heavy atom. The van der Waals surface area contributed by atoms with Crippen LogP contribution in [-0.2, 0) is 41.5 Å². The third kappa shape index (κ3) is 6.20. The Morgan fingerprint density at radius 2 is 1.66 bits per heavy atom. The number of nitrogens with one attached hydrogen (secondary N) is 1. The number of fused-ring (bicyclic) bond motifs is 1. The summed E-state index contributed by atoms with van der Waals surface area (Å²) in [7, 11) is 1.13. The molecule has 0 aromatic heterocycles. The molecule has 1 N–H and O–H groups in total. The van der Waals surface area contributed by atoms with E-state index < -0.39 is 23.8 Å². The van der Waals surface area contributed by atoms with Gasteiger partial charge in [-0.15, -0.1) is 0 Å². The summed E-state index contributed by atoms with van der Waals surface area (Å²) < 4.78 is 49.9. The zero-order valence-corrected chi connectivity index (χ0v) is 19.0. The fourth-order valence-corrected chi connectivity index (χ4v) is 4.24. The Bertz CT molecular complexity index is 1220. The Kier molecular flexibility index (Phi) is 7.10. The van der Waals surface area contributed by atoms with Gasteiger partial charge < -0.3 is 14.8 Å². The van der Waals surface area contributed by atoms with Gasteiger partial charge in [-0.3, -0.25) is 0 Å². The Morgan fingerprint density at radius 1 is 0.914 bits per heavy atom. The van der Waals surface area contributed by atoms with Crippen molar-refractivity contribution < 1.29 is 32.2 Å². The minimum absolute atomic E-state index is 0.122. The quantitative estimate of drug-likeness (QED) is 0.472. The van der Waals surface area contributed by atoms with Gasteiger partial charge in [0.05, 0.1) is 18.2 Å². The molecule has 4 rings (SSSR count). The minimum Gasteiger partial charge on any atom is -0.465 e. The molecule has 35 heavy (non-hydrogen) atoms. The molecule has 0 heterocycles. The van der Waals surface area contributed by atoms with E-state index in [1.807, 2.05) is 48.5 Å². The molecule has 1 unspecified atom stereocenters. The van der Waals surface area contributed by atoms with Gasteiger partial charge in [0.25, 0.3) is 0 Å². The molecule has 0 aliphatic heterocycles. The fourth-order valence-electron chi connectivity index (χ4n) is 4.24. The molecule has 1 aliphatic rings. The van der Waals surface area contributed by atoms with Crippen LogP contribution >= 0.6 is 0 Å². The molecular weight excluding hydrogens is 459 g/mol. The van der Waals surface area contributed by atoms with Gasteiger partial charge in [0.15, 0.2) is 0 Å². The molecule has 0 saturated heterocycles. The number of carbonyl (C=O) groups excluding carboxylic acids is 2. The van der Waals surface area contributed by atoms with Gasteiger partial charge in [0, 0.05) is 6.04 Å². The largest absolute Gasteiger partial charge is 0.465 e. The molecule has 3 aromatic carbocycles. The van der Waals surface area contributed by atoms with E-state index in [1.165, 1.54) is 6.07 Å². The van der Waals surface area contributed by atoms with Crippen LogP contribution in [0.5, 0.6) is 0 Å². The normalized spacial score (nSPS) is 14.8. The van der Waals surface area contributed by atoms with Gasteiger partial charge in [0.1, 0.15) is 6.61 Å². The zero-order valence-electron chi connectivity index (χ0n) is 19.0. The summed E-state index contributed by atoms with van der Waals surface area (Å²) in [5.41, 5.74) is 3.12. The second-order valence-electron chi connectivity index (χ2n) is 8.50. The number of methoxy groups -OCH3 is 1. The SMILES string of the molecule is COC(=O)c1cc(Cc2ccc3c(c2)CC(NC(=O)OCc2ccccc2)C3)cc(C(F)(F)F)c1. The highest BCUT2D eigenvalue weighted by atomic mass is 19.4. The highest BCUT2D eigenvalue weighted by molar-refractivity contribution is 5.89. The molecule has 8 heteroatoms. The van der Waals surface area contributed by atoms with Crippen LogP contribution in [0, 0.1) is 0 Å². The van der Waals surface area contributed by atoms with Crippen molar-refractivity contribution in [3.8, 4) is 0 Å². The second kappa shape index (κ2) is 10.2. The lowest BCUT2D eigenvalue weighted by atomic mass is 9.97. The van der Waals surface area contributed by atoms with Crippen molar-refractivity contribution in [2.24, 2.45) is 0 Å². The summed E-state index contributed by atoms with van der Waals surface area (Å²) >= 11 is 0. The van der Waals surface area contributed by atoms with Gasteiger partial charge >= 0.3 is 18.2 Å². The van der Waals surface area contributed by atoms with Crippen LogP contribution in [0.1, 0.15) is 43.7 Å². The number of esters is 1. The molecule has 182 valence electrons. The fraction of sp³-hybridized carbons (Fsp3) is 0.259. The number of halogens is 3. The highest BCUT2D eigenvalue weighted by Crippen LogP contribution is 2.32. The van der Waals surface area contributed by atoms with Crippen molar-refractivity contribution in [1.82, 2.24) is 5.32 Å². The average molecular weight is 483 g/mol. The predicted molar refractivity (Wildman–Crippen MR) is 123 cm³/mol. The van der Waals surface area contributed by atoms with Crippen LogP contribution < -0.4 is 5.32 Å². The maximum atomic E-state index is 13.3. The Balaban J connectivity index is 1.41. The summed E-state index contributed by atoms with van der Waals surface area (Å²) in [6, 6.07) is 18.2. The number of alkyl carbamates (subject to hydrolysis) is 1. The Labute approximate surface area is 200 Å². The number of hydrogen-bond acceptors (Lipinski definition) is 4. The van der Waals surface area contributed by atoms with Crippen LogP contribution in [0.25, 0.3) is 0 Å². The minimum atomic E-state index is -4.58. The molecule has 0 radical (unpaired) electrons. The number of benzene rings is 3. The summed E-state index contributed by atoms with van der Waals surface area (Å²) in [4.78, 5) is 24.1. The molecule has 0 saturated carbocycles. The predicted octanol–water partition coefficient (Wildman–Crippen LogP) is 5.48. The molecule has 1 atom stereocenters.